The van der Waals surface area contributed by atoms with Crippen LogP contribution in [0.4, 0.5) is 11.8 Å². The second-order valence-electron chi connectivity index (χ2n) is 7.34. The second kappa shape index (κ2) is 9.25. The maximum absolute atomic E-state index is 12.1. The van der Waals surface area contributed by atoms with Gasteiger partial charge in [-0.15, -0.1) is 5.10 Å². The maximum Gasteiger partial charge on any atom is 0.315 e. The normalized spacial score (nSPS) is 10.7. The number of carbonyl (C=O) groups is 1. The van der Waals surface area contributed by atoms with Crippen LogP contribution in [0.2, 0.25) is 0 Å². The number of nitrogens with zero attached hydrogens (tertiary/aromatic N) is 5. The zero-order valence-corrected chi connectivity index (χ0v) is 17.8. The van der Waals surface area contributed by atoms with Crippen LogP contribution >= 0.6 is 0 Å². The van der Waals surface area contributed by atoms with E-state index < -0.39 is 0 Å². The van der Waals surface area contributed by atoms with Crippen molar-refractivity contribution in [2.75, 3.05) is 31.7 Å². The smallest absolute Gasteiger partial charge is 0.315 e. The van der Waals surface area contributed by atoms with Crippen LogP contribution in [-0.4, -0.2) is 51.6 Å². The van der Waals surface area contributed by atoms with Crippen molar-refractivity contribution >= 4 is 17.7 Å². The van der Waals surface area contributed by atoms with E-state index in [1.165, 1.54) is 10.5 Å². The van der Waals surface area contributed by atoms with E-state index in [0.717, 1.165) is 12.0 Å². The number of nitrogens with two attached hydrogens (primary N) is 1. The lowest BCUT2D eigenvalue weighted by Gasteiger charge is -2.10. The summed E-state index contributed by atoms with van der Waals surface area (Å²) in [7, 11) is 3.42. The lowest BCUT2D eigenvalue weighted by atomic mass is 10.1. The Labute approximate surface area is 185 Å². The van der Waals surface area contributed by atoms with Gasteiger partial charge in [-0.2, -0.15) is 0 Å². The first-order chi connectivity index (χ1) is 15.5. The minimum absolute atomic E-state index is 0.0706. The molecule has 1 amide bonds. The molecule has 0 unspecified atom stereocenters. The van der Waals surface area contributed by atoms with Crippen molar-refractivity contribution < 1.29 is 9.21 Å². The van der Waals surface area contributed by atoms with Gasteiger partial charge in [-0.05, 0) is 24.1 Å². The van der Waals surface area contributed by atoms with E-state index in [0.29, 0.717) is 23.5 Å². The number of nitrogens with one attached hydrogen (secondary N) is 1. The first-order valence-electron chi connectivity index (χ1n) is 10.1. The molecule has 3 N–H and O–H groups in total. The maximum atomic E-state index is 12.1. The molecule has 0 atom stereocenters. The Morgan fingerprint density at radius 1 is 1.06 bits per heavy atom. The molecular formula is C23H23N7O2. The molecule has 2 heterocycles. The van der Waals surface area contributed by atoms with Crippen molar-refractivity contribution in [2.24, 2.45) is 0 Å². The second-order valence-corrected chi connectivity index (χ2v) is 7.34. The third-order valence-electron chi connectivity index (χ3n) is 4.79. The summed E-state index contributed by atoms with van der Waals surface area (Å²) in [6.45, 7) is 0.644. The van der Waals surface area contributed by atoms with Gasteiger partial charge >= 0.3 is 6.01 Å². The summed E-state index contributed by atoms with van der Waals surface area (Å²) in [5.41, 5.74) is 9.48. The van der Waals surface area contributed by atoms with E-state index in [4.69, 9.17) is 10.2 Å². The highest BCUT2D eigenvalue weighted by Gasteiger charge is 2.16. The SMILES string of the molecule is CN(C)C(=O)c1ccc(-c2cnc(N)c(-c3nnc(NCCc4ccccc4)o3)n2)cc1. The third kappa shape index (κ3) is 4.72. The van der Waals surface area contributed by atoms with Crippen LogP contribution in [0.25, 0.3) is 22.8 Å². The average molecular weight is 429 g/mol. The van der Waals surface area contributed by atoms with Gasteiger partial charge in [0.05, 0.1) is 11.9 Å². The summed E-state index contributed by atoms with van der Waals surface area (Å²) < 4.78 is 5.69. The van der Waals surface area contributed by atoms with E-state index in [9.17, 15) is 4.79 Å². The molecule has 0 aliphatic rings. The summed E-state index contributed by atoms with van der Waals surface area (Å²) >= 11 is 0. The Kier molecular flexibility index (Phi) is 6.07. The number of hydrogen-bond donors (Lipinski definition) is 2. The number of amides is 1. The monoisotopic (exact) mass is 429 g/mol. The van der Waals surface area contributed by atoms with E-state index in [1.807, 2.05) is 30.3 Å². The molecule has 0 radical (unpaired) electrons. The highest BCUT2D eigenvalue weighted by Crippen LogP contribution is 2.26. The van der Waals surface area contributed by atoms with E-state index in [-0.39, 0.29) is 23.6 Å². The first-order valence-corrected chi connectivity index (χ1v) is 10.1. The fourth-order valence-electron chi connectivity index (χ4n) is 3.09. The molecule has 0 aliphatic heterocycles. The van der Waals surface area contributed by atoms with Gasteiger partial charge in [-0.25, -0.2) is 9.97 Å². The first kappa shape index (κ1) is 21.0. The standard InChI is InChI=1S/C23H23N7O2/c1-30(2)22(31)17-10-8-16(9-11-17)18-14-26-20(24)19(27-18)21-28-29-23(32-21)25-13-12-15-6-4-3-5-7-15/h3-11,14H,12-13H2,1-2H3,(H2,24,26)(H,25,29). The topological polar surface area (TPSA) is 123 Å². The number of anilines is 2. The Morgan fingerprint density at radius 3 is 2.53 bits per heavy atom. The van der Waals surface area contributed by atoms with Crippen molar-refractivity contribution in [3.63, 3.8) is 0 Å². The Bertz CT molecular complexity index is 1200. The van der Waals surface area contributed by atoms with Crippen molar-refractivity contribution in [1.29, 1.82) is 0 Å². The highest BCUT2D eigenvalue weighted by molar-refractivity contribution is 5.94. The van der Waals surface area contributed by atoms with Crippen LogP contribution in [0.3, 0.4) is 0 Å². The van der Waals surface area contributed by atoms with Gasteiger partial charge in [0, 0.05) is 31.8 Å². The predicted molar refractivity (Wildman–Crippen MR) is 122 cm³/mol. The number of hydrogen-bond acceptors (Lipinski definition) is 8. The van der Waals surface area contributed by atoms with Crippen molar-refractivity contribution in [3.05, 3.63) is 71.9 Å². The molecule has 4 aromatic rings. The molecule has 0 bridgehead atoms. The van der Waals surface area contributed by atoms with Gasteiger partial charge in [0.15, 0.2) is 11.5 Å². The fourth-order valence-corrected chi connectivity index (χ4v) is 3.09. The van der Waals surface area contributed by atoms with Gasteiger partial charge in [-0.3, -0.25) is 4.79 Å². The minimum Gasteiger partial charge on any atom is -0.402 e. The van der Waals surface area contributed by atoms with Gasteiger partial charge in [-0.1, -0.05) is 47.6 Å². The van der Waals surface area contributed by atoms with Crippen LogP contribution in [-0.2, 0) is 6.42 Å². The zero-order valence-electron chi connectivity index (χ0n) is 17.8. The molecule has 2 aromatic heterocycles. The third-order valence-corrected chi connectivity index (χ3v) is 4.79. The molecule has 0 aliphatic carbocycles. The number of nitrogen functional groups attached to an aromatic ring is 1. The predicted octanol–water partition coefficient (Wildman–Crippen LogP) is 3.13. The molecule has 0 saturated carbocycles. The summed E-state index contributed by atoms with van der Waals surface area (Å²) in [5.74, 6) is 0.296. The molecule has 4 rings (SSSR count). The minimum atomic E-state index is -0.0706. The molecule has 0 saturated heterocycles. The average Bonchev–Trinajstić information content (AvgIpc) is 3.28. The summed E-state index contributed by atoms with van der Waals surface area (Å²) in [4.78, 5) is 22.4. The van der Waals surface area contributed by atoms with Crippen LogP contribution < -0.4 is 11.1 Å². The van der Waals surface area contributed by atoms with Gasteiger partial charge < -0.3 is 20.4 Å². The van der Waals surface area contributed by atoms with Crippen molar-refractivity contribution in [3.8, 4) is 22.8 Å². The van der Waals surface area contributed by atoms with Crippen LogP contribution in [0.1, 0.15) is 15.9 Å². The Hall–Kier alpha value is -4.27. The zero-order chi connectivity index (χ0) is 22.5. The highest BCUT2D eigenvalue weighted by atomic mass is 16.4. The largest absolute Gasteiger partial charge is 0.402 e. The molecule has 162 valence electrons. The van der Waals surface area contributed by atoms with Crippen LogP contribution in [0.5, 0.6) is 0 Å². The summed E-state index contributed by atoms with van der Waals surface area (Å²) in [5, 5.41) is 11.2. The molecule has 0 fully saturated rings. The fraction of sp³-hybridized carbons (Fsp3) is 0.174. The van der Waals surface area contributed by atoms with Gasteiger partial charge in [0.25, 0.3) is 11.8 Å². The molecule has 32 heavy (non-hydrogen) atoms. The van der Waals surface area contributed by atoms with Crippen LogP contribution in [0, 0.1) is 0 Å². The Morgan fingerprint density at radius 2 is 1.81 bits per heavy atom. The number of benzene rings is 2. The lowest BCUT2D eigenvalue weighted by Crippen LogP contribution is -2.21. The summed E-state index contributed by atoms with van der Waals surface area (Å²) in [6.07, 6.45) is 2.39. The summed E-state index contributed by atoms with van der Waals surface area (Å²) in [6, 6.07) is 17.5. The molecular weight excluding hydrogens is 406 g/mol. The van der Waals surface area contributed by atoms with E-state index in [1.54, 1.807) is 32.4 Å². The van der Waals surface area contributed by atoms with E-state index >= 15 is 0 Å². The number of aromatic nitrogens is 4. The van der Waals surface area contributed by atoms with Gasteiger partial charge in [0.2, 0.25) is 0 Å². The number of rotatable bonds is 7. The quantitative estimate of drug-likeness (QED) is 0.459. The van der Waals surface area contributed by atoms with Crippen molar-refractivity contribution in [1.82, 2.24) is 25.1 Å². The number of carbonyl (C=O) groups excluding carboxylic acids is 1. The van der Waals surface area contributed by atoms with Gasteiger partial charge in [0.1, 0.15) is 0 Å². The molecule has 0 spiro atoms. The Balaban J connectivity index is 1.49. The molecule has 9 nitrogen and oxygen atoms in total. The lowest BCUT2D eigenvalue weighted by molar-refractivity contribution is 0.0827. The van der Waals surface area contributed by atoms with Crippen molar-refractivity contribution in [2.45, 2.75) is 6.42 Å². The molecule has 2 aromatic carbocycles. The molecule has 9 heteroatoms. The van der Waals surface area contributed by atoms with E-state index in [2.05, 4.69) is 37.6 Å². The van der Waals surface area contributed by atoms with Crippen LogP contribution in [0.15, 0.2) is 65.2 Å².